The molecule has 6 rings (SSSR count). The van der Waals surface area contributed by atoms with E-state index in [-0.39, 0.29) is 11.5 Å². The molecule has 1 aromatic heterocycles. The topological polar surface area (TPSA) is 75.4 Å². The van der Waals surface area contributed by atoms with Crippen LogP contribution in [0, 0.1) is 0 Å². The number of carboxylic acids is 1. The molecule has 1 saturated carbocycles. The molecule has 0 aliphatic heterocycles. The van der Waals surface area contributed by atoms with Crippen molar-refractivity contribution in [3.05, 3.63) is 125 Å². The maximum atomic E-state index is 13.8. The Labute approximate surface area is 233 Å². The van der Waals surface area contributed by atoms with Gasteiger partial charge in [0, 0.05) is 30.3 Å². The number of imidazole rings is 1. The molecule has 1 N–H and O–H groups in total. The number of hydrogen-bond donors (Lipinski definition) is 1. The zero-order valence-electron chi connectivity index (χ0n) is 22.2. The Morgan fingerprint density at radius 3 is 1.93 bits per heavy atom. The molecule has 1 heterocycles. The van der Waals surface area contributed by atoms with E-state index in [0.717, 1.165) is 40.9 Å². The molecule has 0 saturated heterocycles. The fourth-order valence-corrected chi connectivity index (χ4v) is 5.72. The van der Waals surface area contributed by atoms with Crippen LogP contribution in [0.25, 0.3) is 22.4 Å². The first-order valence-corrected chi connectivity index (χ1v) is 13.8. The number of carboxylic acid groups (broad SMARTS) is 1. The molecule has 1 fully saturated rings. The van der Waals surface area contributed by atoms with Crippen molar-refractivity contribution in [3.8, 4) is 11.4 Å². The quantitative estimate of drug-likeness (QED) is 0.228. The summed E-state index contributed by atoms with van der Waals surface area (Å²) in [6.45, 7) is 1.03. The minimum Gasteiger partial charge on any atom is -0.478 e. The smallest absolute Gasteiger partial charge is 0.335 e. The van der Waals surface area contributed by atoms with E-state index < -0.39 is 5.97 Å². The lowest BCUT2D eigenvalue weighted by Gasteiger charge is -2.23. The van der Waals surface area contributed by atoms with Gasteiger partial charge >= 0.3 is 5.97 Å². The van der Waals surface area contributed by atoms with E-state index in [1.807, 2.05) is 95.9 Å². The van der Waals surface area contributed by atoms with Crippen LogP contribution in [-0.2, 0) is 13.1 Å². The molecule has 1 aliphatic rings. The van der Waals surface area contributed by atoms with Crippen LogP contribution in [0.3, 0.4) is 0 Å². The normalized spacial score (nSPS) is 13.5. The van der Waals surface area contributed by atoms with Crippen molar-refractivity contribution in [1.82, 2.24) is 14.5 Å². The summed E-state index contributed by atoms with van der Waals surface area (Å²) in [5.41, 5.74) is 5.54. The van der Waals surface area contributed by atoms with Crippen LogP contribution in [0.4, 0.5) is 0 Å². The average Bonchev–Trinajstić information content (AvgIpc) is 3.65. The fourth-order valence-electron chi connectivity index (χ4n) is 5.72. The standard InChI is InChI=1S/C34H31N3O3/c38-33(36(22-24-9-3-1-4-10-24)23-25-11-5-2-6-12-25)27-17-15-26(16-18-27)32-35-30-21-28(34(39)40)19-20-31(30)37(32)29-13-7-8-14-29/h1-6,9-12,15-21,29H,7-8,13-14,22-23H2,(H,39,40). The van der Waals surface area contributed by atoms with E-state index in [4.69, 9.17) is 4.98 Å². The van der Waals surface area contributed by atoms with Crippen molar-refractivity contribution in [2.75, 3.05) is 0 Å². The summed E-state index contributed by atoms with van der Waals surface area (Å²) in [6, 6.07) is 33.2. The zero-order chi connectivity index (χ0) is 27.5. The molecule has 1 amide bonds. The van der Waals surface area contributed by atoms with E-state index in [1.54, 1.807) is 12.1 Å². The van der Waals surface area contributed by atoms with Gasteiger partial charge in [-0.25, -0.2) is 9.78 Å². The van der Waals surface area contributed by atoms with Gasteiger partial charge in [0.2, 0.25) is 0 Å². The second-order valence-electron chi connectivity index (χ2n) is 10.5. The summed E-state index contributed by atoms with van der Waals surface area (Å²) >= 11 is 0. The Morgan fingerprint density at radius 1 is 0.775 bits per heavy atom. The van der Waals surface area contributed by atoms with Crippen LogP contribution in [0.2, 0.25) is 0 Å². The van der Waals surface area contributed by atoms with Gasteiger partial charge in [-0.15, -0.1) is 0 Å². The molecule has 0 unspecified atom stereocenters. The molecule has 0 atom stereocenters. The summed E-state index contributed by atoms with van der Waals surface area (Å²) in [7, 11) is 0. The largest absolute Gasteiger partial charge is 0.478 e. The molecule has 1 aliphatic carbocycles. The van der Waals surface area contributed by atoms with Gasteiger partial charge in [-0.2, -0.15) is 0 Å². The molecule has 4 aromatic carbocycles. The number of carbonyl (C=O) groups is 2. The molecule has 6 heteroatoms. The number of aromatic carboxylic acids is 1. The lowest BCUT2D eigenvalue weighted by atomic mass is 10.1. The van der Waals surface area contributed by atoms with Gasteiger partial charge in [0.15, 0.2) is 0 Å². The number of fused-ring (bicyclic) bond motifs is 1. The number of benzene rings is 4. The van der Waals surface area contributed by atoms with Crippen LogP contribution in [-0.4, -0.2) is 31.4 Å². The Morgan fingerprint density at radius 2 is 1.35 bits per heavy atom. The van der Waals surface area contributed by atoms with Gasteiger partial charge in [0.05, 0.1) is 16.6 Å². The van der Waals surface area contributed by atoms with Crippen LogP contribution in [0.15, 0.2) is 103 Å². The highest BCUT2D eigenvalue weighted by molar-refractivity contribution is 5.95. The first-order chi connectivity index (χ1) is 19.6. The minimum atomic E-state index is -0.961. The molecular weight excluding hydrogens is 498 g/mol. The van der Waals surface area contributed by atoms with E-state index in [2.05, 4.69) is 4.57 Å². The number of rotatable bonds is 8. The Hall–Kier alpha value is -4.71. The van der Waals surface area contributed by atoms with Crippen molar-refractivity contribution in [3.63, 3.8) is 0 Å². The van der Waals surface area contributed by atoms with Crippen molar-refractivity contribution in [2.45, 2.75) is 44.8 Å². The van der Waals surface area contributed by atoms with Gasteiger partial charge in [0.1, 0.15) is 5.82 Å². The third kappa shape index (κ3) is 5.25. The zero-order valence-corrected chi connectivity index (χ0v) is 22.2. The Bertz CT molecular complexity index is 1600. The predicted octanol–water partition coefficient (Wildman–Crippen LogP) is 7.36. The molecule has 200 valence electrons. The first kappa shape index (κ1) is 25.6. The summed E-state index contributed by atoms with van der Waals surface area (Å²) in [4.78, 5) is 32.1. The molecule has 5 aromatic rings. The van der Waals surface area contributed by atoms with Crippen molar-refractivity contribution in [2.24, 2.45) is 0 Å². The van der Waals surface area contributed by atoms with Crippen LogP contribution < -0.4 is 0 Å². The van der Waals surface area contributed by atoms with E-state index in [0.29, 0.717) is 30.2 Å². The number of amides is 1. The second-order valence-corrected chi connectivity index (χ2v) is 10.5. The molecule has 0 bridgehead atoms. The van der Waals surface area contributed by atoms with Crippen LogP contribution in [0.1, 0.15) is 63.6 Å². The summed E-state index contributed by atoms with van der Waals surface area (Å²) in [5.74, 6) is -0.180. The minimum absolute atomic E-state index is 0.0327. The molecule has 0 radical (unpaired) electrons. The number of nitrogens with zero attached hydrogens (tertiary/aromatic N) is 3. The lowest BCUT2D eigenvalue weighted by molar-refractivity contribution is 0.0695. The number of hydrogen-bond acceptors (Lipinski definition) is 3. The number of carbonyl (C=O) groups excluding carboxylic acids is 1. The van der Waals surface area contributed by atoms with Crippen molar-refractivity contribution >= 4 is 22.9 Å². The van der Waals surface area contributed by atoms with Gasteiger partial charge in [-0.1, -0.05) is 85.6 Å². The third-order valence-corrected chi connectivity index (χ3v) is 7.74. The summed E-state index contributed by atoms with van der Waals surface area (Å²) in [5, 5.41) is 9.49. The monoisotopic (exact) mass is 529 g/mol. The van der Waals surface area contributed by atoms with Gasteiger partial charge in [-0.3, -0.25) is 4.79 Å². The molecule has 40 heavy (non-hydrogen) atoms. The molecule has 6 nitrogen and oxygen atoms in total. The predicted molar refractivity (Wildman–Crippen MR) is 156 cm³/mol. The van der Waals surface area contributed by atoms with Gasteiger partial charge in [0.25, 0.3) is 5.91 Å². The lowest BCUT2D eigenvalue weighted by Crippen LogP contribution is -2.30. The Balaban J connectivity index is 1.33. The van der Waals surface area contributed by atoms with Crippen LogP contribution in [0.5, 0.6) is 0 Å². The second kappa shape index (κ2) is 11.2. The van der Waals surface area contributed by atoms with E-state index in [9.17, 15) is 14.7 Å². The first-order valence-electron chi connectivity index (χ1n) is 13.8. The SMILES string of the molecule is O=C(O)c1ccc2c(c1)nc(-c1ccc(C(=O)N(Cc3ccccc3)Cc3ccccc3)cc1)n2C1CCCC1. The van der Waals surface area contributed by atoms with E-state index in [1.165, 1.54) is 12.8 Å². The highest BCUT2D eigenvalue weighted by Gasteiger charge is 2.24. The van der Waals surface area contributed by atoms with Gasteiger partial charge < -0.3 is 14.6 Å². The molecule has 0 spiro atoms. The molecular formula is C34H31N3O3. The average molecular weight is 530 g/mol. The summed E-state index contributed by atoms with van der Waals surface area (Å²) < 4.78 is 2.27. The van der Waals surface area contributed by atoms with Crippen LogP contribution >= 0.6 is 0 Å². The highest BCUT2D eigenvalue weighted by atomic mass is 16.4. The summed E-state index contributed by atoms with van der Waals surface area (Å²) in [6.07, 6.45) is 4.49. The maximum Gasteiger partial charge on any atom is 0.335 e. The third-order valence-electron chi connectivity index (χ3n) is 7.74. The van der Waals surface area contributed by atoms with E-state index >= 15 is 0 Å². The highest BCUT2D eigenvalue weighted by Crippen LogP contribution is 2.37. The maximum absolute atomic E-state index is 13.8. The van der Waals surface area contributed by atoms with Crippen molar-refractivity contribution < 1.29 is 14.7 Å². The fraction of sp³-hybridized carbons (Fsp3) is 0.206. The van der Waals surface area contributed by atoms with Gasteiger partial charge in [-0.05, 0) is 54.3 Å². The Kier molecular flexibility index (Phi) is 7.15. The number of aromatic nitrogens is 2. The van der Waals surface area contributed by atoms with Crippen molar-refractivity contribution in [1.29, 1.82) is 0 Å².